The summed E-state index contributed by atoms with van der Waals surface area (Å²) in [5, 5.41) is 2.78. The first-order valence-corrected chi connectivity index (χ1v) is 7.46. The Labute approximate surface area is 106 Å². The number of nitrogens with zero attached hydrogens (tertiary/aromatic N) is 1. The van der Waals surface area contributed by atoms with Crippen LogP contribution in [0.25, 0.3) is 0 Å². The molecule has 96 valence electrons. The minimum absolute atomic E-state index is 0.0139. The van der Waals surface area contributed by atoms with E-state index in [4.69, 9.17) is 0 Å². The van der Waals surface area contributed by atoms with Gasteiger partial charge in [0.25, 0.3) is 0 Å². The second-order valence-corrected chi connectivity index (χ2v) is 6.26. The second kappa shape index (κ2) is 4.88. The normalized spacial score (nSPS) is 26.9. The summed E-state index contributed by atoms with van der Waals surface area (Å²) in [5.41, 5.74) is 0. The number of hydrogen-bond acceptors (Lipinski definition) is 3. The van der Waals surface area contributed by atoms with Crippen LogP contribution < -0.4 is 5.32 Å². The van der Waals surface area contributed by atoms with Crippen LogP contribution in [0.15, 0.2) is 0 Å². The highest BCUT2D eigenvalue weighted by Crippen LogP contribution is 2.47. The van der Waals surface area contributed by atoms with Gasteiger partial charge in [0.2, 0.25) is 11.8 Å². The highest BCUT2D eigenvalue weighted by Gasteiger charge is 2.46. The van der Waals surface area contributed by atoms with Crippen LogP contribution in [0.5, 0.6) is 0 Å². The lowest BCUT2D eigenvalue weighted by molar-refractivity contribution is -0.144. The molecule has 5 heteroatoms. The van der Waals surface area contributed by atoms with Crippen LogP contribution in [-0.4, -0.2) is 46.8 Å². The standard InChI is InChI=1S/C12H20N2O2S/c1-3-4-9-11(16)14(7-10(15)13-9)8-12(17-2)5-6-12/h9H,3-8H2,1-2H3,(H,13,15). The molecule has 0 aromatic carbocycles. The average Bonchev–Trinajstić information content (AvgIpc) is 3.06. The van der Waals surface area contributed by atoms with Gasteiger partial charge in [0, 0.05) is 11.3 Å². The first-order valence-electron chi connectivity index (χ1n) is 6.23. The molecule has 1 saturated carbocycles. The van der Waals surface area contributed by atoms with Crippen LogP contribution in [0, 0.1) is 0 Å². The molecule has 2 fully saturated rings. The van der Waals surface area contributed by atoms with Gasteiger partial charge in [0.05, 0.1) is 6.54 Å². The quantitative estimate of drug-likeness (QED) is 0.798. The van der Waals surface area contributed by atoms with Crippen molar-refractivity contribution in [2.24, 2.45) is 0 Å². The third-order valence-corrected chi connectivity index (χ3v) is 4.98. The zero-order chi connectivity index (χ0) is 12.5. The summed E-state index contributed by atoms with van der Waals surface area (Å²) >= 11 is 1.82. The summed E-state index contributed by atoms with van der Waals surface area (Å²) in [4.78, 5) is 25.5. The highest BCUT2D eigenvalue weighted by molar-refractivity contribution is 8.00. The van der Waals surface area contributed by atoms with Gasteiger partial charge in [-0.1, -0.05) is 13.3 Å². The van der Waals surface area contributed by atoms with E-state index in [1.807, 2.05) is 18.7 Å². The minimum atomic E-state index is -0.293. The highest BCUT2D eigenvalue weighted by atomic mass is 32.2. The number of thioether (sulfide) groups is 1. The molecule has 1 saturated heterocycles. The van der Waals surface area contributed by atoms with E-state index in [-0.39, 0.29) is 29.1 Å². The van der Waals surface area contributed by atoms with Crippen LogP contribution in [0.3, 0.4) is 0 Å². The molecule has 2 rings (SSSR count). The summed E-state index contributed by atoms with van der Waals surface area (Å²) in [6.45, 7) is 3.00. The molecule has 1 aliphatic heterocycles. The van der Waals surface area contributed by atoms with Crippen molar-refractivity contribution in [2.45, 2.75) is 43.4 Å². The van der Waals surface area contributed by atoms with Gasteiger partial charge in [-0.25, -0.2) is 0 Å². The SMILES string of the molecule is CCCC1NC(=O)CN(CC2(SC)CC2)C1=O. The van der Waals surface area contributed by atoms with Crippen molar-refractivity contribution in [2.75, 3.05) is 19.3 Å². The van der Waals surface area contributed by atoms with Crippen LogP contribution in [0.1, 0.15) is 32.6 Å². The van der Waals surface area contributed by atoms with Gasteiger partial charge in [-0.2, -0.15) is 11.8 Å². The van der Waals surface area contributed by atoms with E-state index in [0.717, 1.165) is 32.2 Å². The fourth-order valence-corrected chi connectivity index (χ4v) is 3.10. The molecular weight excluding hydrogens is 236 g/mol. The van der Waals surface area contributed by atoms with Crippen molar-refractivity contribution in [3.8, 4) is 0 Å². The van der Waals surface area contributed by atoms with E-state index in [0.29, 0.717) is 0 Å². The number of nitrogens with one attached hydrogen (secondary N) is 1. The maximum atomic E-state index is 12.2. The van der Waals surface area contributed by atoms with E-state index in [1.165, 1.54) is 0 Å². The third kappa shape index (κ3) is 2.76. The van der Waals surface area contributed by atoms with Gasteiger partial charge in [-0.05, 0) is 25.5 Å². The van der Waals surface area contributed by atoms with Gasteiger partial charge in [0.1, 0.15) is 6.04 Å². The predicted octanol–water partition coefficient (Wildman–Crippen LogP) is 1.01. The fourth-order valence-electron chi connectivity index (χ4n) is 2.31. The van der Waals surface area contributed by atoms with Crippen molar-refractivity contribution in [3.63, 3.8) is 0 Å². The lowest BCUT2D eigenvalue weighted by Gasteiger charge is -2.34. The molecule has 0 aromatic rings. The van der Waals surface area contributed by atoms with Crippen LogP contribution in [-0.2, 0) is 9.59 Å². The summed E-state index contributed by atoms with van der Waals surface area (Å²) < 4.78 is 0.240. The molecule has 0 bridgehead atoms. The Morgan fingerprint density at radius 2 is 2.18 bits per heavy atom. The van der Waals surface area contributed by atoms with Crippen molar-refractivity contribution in [1.82, 2.24) is 10.2 Å². The first kappa shape index (κ1) is 12.7. The molecule has 1 aliphatic carbocycles. The van der Waals surface area contributed by atoms with Gasteiger partial charge in [-0.3, -0.25) is 9.59 Å². The number of hydrogen-bond donors (Lipinski definition) is 1. The molecule has 1 heterocycles. The Kier molecular flexibility index (Phi) is 3.66. The minimum Gasteiger partial charge on any atom is -0.343 e. The molecule has 0 spiro atoms. The lowest BCUT2D eigenvalue weighted by atomic mass is 10.1. The summed E-state index contributed by atoms with van der Waals surface area (Å²) in [5.74, 6) is 0.0896. The van der Waals surface area contributed by atoms with Gasteiger partial charge >= 0.3 is 0 Å². The van der Waals surface area contributed by atoms with Crippen molar-refractivity contribution >= 4 is 23.6 Å². The lowest BCUT2D eigenvalue weighted by Crippen LogP contribution is -2.59. The summed E-state index contributed by atoms with van der Waals surface area (Å²) in [6.07, 6.45) is 6.08. The maximum absolute atomic E-state index is 12.2. The van der Waals surface area contributed by atoms with Gasteiger partial charge in [-0.15, -0.1) is 0 Å². The molecule has 0 aromatic heterocycles. The first-order chi connectivity index (χ1) is 8.10. The van der Waals surface area contributed by atoms with E-state index >= 15 is 0 Å². The van der Waals surface area contributed by atoms with E-state index < -0.39 is 0 Å². The molecule has 0 radical (unpaired) electrons. The predicted molar refractivity (Wildman–Crippen MR) is 68.9 cm³/mol. The number of piperazine rings is 1. The fraction of sp³-hybridized carbons (Fsp3) is 0.833. The topological polar surface area (TPSA) is 49.4 Å². The Balaban J connectivity index is 2.00. The molecule has 1 N–H and O–H groups in total. The van der Waals surface area contributed by atoms with Crippen molar-refractivity contribution in [3.05, 3.63) is 0 Å². The Hall–Kier alpha value is -0.710. The van der Waals surface area contributed by atoms with Crippen molar-refractivity contribution in [1.29, 1.82) is 0 Å². The Morgan fingerprint density at radius 3 is 2.71 bits per heavy atom. The van der Waals surface area contributed by atoms with Crippen LogP contribution in [0.2, 0.25) is 0 Å². The Bertz CT molecular complexity index is 328. The number of carbonyl (C=O) groups excluding carboxylic acids is 2. The smallest absolute Gasteiger partial charge is 0.245 e. The van der Waals surface area contributed by atoms with Gasteiger partial charge in [0.15, 0.2) is 0 Å². The zero-order valence-electron chi connectivity index (χ0n) is 10.5. The molecule has 1 atom stereocenters. The Morgan fingerprint density at radius 1 is 1.47 bits per heavy atom. The molecule has 4 nitrogen and oxygen atoms in total. The zero-order valence-corrected chi connectivity index (χ0v) is 11.3. The number of carbonyl (C=O) groups is 2. The molecular formula is C12H20N2O2S. The summed E-state index contributed by atoms with van der Waals surface area (Å²) in [7, 11) is 0. The largest absolute Gasteiger partial charge is 0.343 e. The van der Waals surface area contributed by atoms with E-state index in [1.54, 1.807) is 4.90 Å². The third-order valence-electron chi connectivity index (χ3n) is 3.58. The molecule has 17 heavy (non-hydrogen) atoms. The van der Waals surface area contributed by atoms with E-state index in [9.17, 15) is 9.59 Å². The molecule has 2 aliphatic rings. The number of amides is 2. The number of rotatable bonds is 5. The van der Waals surface area contributed by atoms with Crippen molar-refractivity contribution < 1.29 is 9.59 Å². The summed E-state index contributed by atoms with van der Waals surface area (Å²) in [6, 6.07) is -0.293. The van der Waals surface area contributed by atoms with Gasteiger partial charge < -0.3 is 10.2 Å². The van der Waals surface area contributed by atoms with E-state index in [2.05, 4.69) is 11.6 Å². The second-order valence-electron chi connectivity index (χ2n) is 4.99. The van der Waals surface area contributed by atoms with Crippen LogP contribution in [0.4, 0.5) is 0 Å². The average molecular weight is 256 g/mol. The molecule has 1 unspecified atom stereocenters. The monoisotopic (exact) mass is 256 g/mol. The maximum Gasteiger partial charge on any atom is 0.245 e. The van der Waals surface area contributed by atoms with Crippen LogP contribution >= 0.6 is 11.8 Å². The molecule has 2 amide bonds.